The highest BCUT2D eigenvalue weighted by Crippen LogP contribution is 2.35. The Labute approximate surface area is 68.5 Å². The molecule has 0 aliphatic rings. The lowest BCUT2D eigenvalue weighted by atomic mass is 10.7. The zero-order valence-corrected chi connectivity index (χ0v) is 7.18. The molecule has 0 aliphatic carbocycles. The summed E-state index contributed by atoms with van der Waals surface area (Å²) in [6.07, 6.45) is 0.918. The number of hydrogen-bond acceptors (Lipinski definition) is 4. The van der Waals surface area contributed by atoms with E-state index in [0.717, 1.165) is 6.08 Å². The van der Waals surface area contributed by atoms with E-state index in [2.05, 4.69) is 27.6 Å². The number of carbonyl (C=O) groups excluding carboxylic acids is 1. The number of hydrogen-bond donors (Lipinski definition) is 2. The molecule has 0 unspecified atom stereocenters. The highest BCUT2D eigenvalue weighted by atomic mass is 32.5. The molecule has 0 amide bonds. The van der Waals surface area contributed by atoms with Gasteiger partial charge < -0.3 is 14.5 Å². The topological polar surface area (TPSA) is 76.0 Å². The van der Waals surface area contributed by atoms with Crippen molar-refractivity contribution in [1.29, 1.82) is 0 Å². The van der Waals surface area contributed by atoms with Gasteiger partial charge in [0.25, 0.3) is 0 Å². The Bertz CT molecular complexity index is 197. The third kappa shape index (κ3) is 7.64. The summed E-state index contributed by atoms with van der Waals surface area (Å²) in [5, 5.41) is 0. The molecule has 11 heavy (non-hydrogen) atoms. The van der Waals surface area contributed by atoms with Crippen LogP contribution in [0.25, 0.3) is 0 Å². The molecule has 0 saturated carbocycles. The molecule has 0 saturated heterocycles. The molecule has 0 aliphatic heterocycles. The molecular weight excluding hydrogens is 191 g/mol. The van der Waals surface area contributed by atoms with Gasteiger partial charge in [0.05, 0.1) is 0 Å². The van der Waals surface area contributed by atoms with Crippen LogP contribution in [-0.2, 0) is 25.9 Å². The first-order chi connectivity index (χ1) is 4.95. The lowest BCUT2D eigenvalue weighted by molar-refractivity contribution is -0.144. The minimum Gasteiger partial charge on any atom is -0.435 e. The van der Waals surface area contributed by atoms with E-state index in [4.69, 9.17) is 9.79 Å². The number of rotatable bonds is 4. The lowest BCUT2D eigenvalue weighted by Gasteiger charge is -2.06. The minimum absolute atomic E-state index is 0.574. The normalized spacial score (nSPS) is 10.7. The molecule has 0 aromatic carbocycles. The molecule has 7 heteroatoms. The van der Waals surface area contributed by atoms with E-state index < -0.39 is 19.5 Å². The third-order valence-corrected chi connectivity index (χ3v) is 1.35. The average molecular weight is 198 g/mol. The molecule has 0 rings (SSSR count). The van der Waals surface area contributed by atoms with Crippen molar-refractivity contribution in [1.82, 2.24) is 0 Å². The second kappa shape index (κ2) is 4.58. The van der Waals surface area contributed by atoms with Crippen molar-refractivity contribution in [2.75, 3.05) is 6.79 Å². The maximum atomic E-state index is 10.3. The molecule has 0 fully saturated rings. The van der Waals surface area contributed by atoms with Gasteiger partial charge in [-0.1, -0.05) is 6.58 Å². The second-order valence-electron chi connectivity index (χ2n) is 1.41. The minimum atomic E-state index is -3.71. The van der Waals surface area contributed by atoms with Crippen LogP contribution in [0.3, 0.4) is 0 Å². The van der Waals surface area contributed by atoms with Crippen molar-refractivity contribution in [3.63, 3.8) is 0 Å². The summed E-state index contributed by atoms with van der Waals surface area (Å²) in [5.41, 5.74) is 0. The first-order valence-electron chi connectivity index (χ1n) is 2.45. The summed E-state index contributed by atoms with van der Waals surface area (Å²) in [6.45, 7) is -1.18. The summed E-state index contributed by atoms with van der Waals surface area (Å²) in [7, 11) is 0. The van der Waals surface area contributed by atoms with Gasteiger partial charge >= 0.3 is 12.7 Å². The van der Waals surface area contributed by atoms with Gasteiger partial charge in [-0.25, -0.2) is 4.79 Å². The van der Waals surface area contributed by atoms with Crippen LogP contribution in [-0.4, -0.2) is 22.5 Å². The second-order valence-corrected chi connectivity index (χ2v) is 4.07. The van der Waals surface area contributed by atoms with Gasteiger partial charge in [-0.15, -0.1) is 0 Å². The highest BCUT2D eigenvalue weighted by molar-refractivity contribution is 8.06. The van der Waals surface area contributed by atoms with Crippen LogP contribution in [0, 0.1) is 0 Å². The molecule has 2 N–H and O–H groups in total. The van der Waals surface area contributed by atoms with Gasteiger partial charge in [0.15, 0.2) is 0 Å². The van der Waals surface area contributed by atoms with Gasteiger partial charge in [0.1, 0.15) is 0 Å². The molecule has 0 heterocycles. The number of esters is 1. The summed E-state index contributed by atoms with van der Waals surface area (Å²) in [4.78, 5) is 27.2. The Morgan fingerprint density at radius 3 is 2.64 bits per heavy atom. The van der Waals surface area contributed by atoms with Crippen LogP contribution in [0.15, 0.2) is 12.7 Å². The average Bonchev–Trinajstić information content (AvgIpc) is 1.85. The fraction of sp³-hybridized carbons (Fsp3) is 0.250. The molecule has 0 atom stereocenters. The predicted molar refractivity (Wildman–Crippen MR) is 41.0 cm³/mol. The predicted octanol–water partition coefficient (Wildman–Crippen LogP) is -0.101. The molecule has 0 bridgehead atoms. The molecule has 64 valence electrons. The Morgan fingerprint density at radius 1 is 1.73 bits per heavy atom. The Morgan fingerprint density at radius 2 is 2.27 bits per heavy atom. The van der Waals surface area contributed by atoms with Crippen molar-refractivity contribution in [2.45, 2.75) is 0 Å². The summed E-state index contributed by atoms with van der Waals surface area (Å²) in [5.74, 6) is -0.714. The van der Waals surface area contributed by atoms with Gasteiger partial charge in [-0.3, -0.25) is 4.52 Å². The maximum Gasteiger partial charge on any atom is 0.332 e. The fourth-order valence-corrected chi connectivity index (χ4v) is 0.531. The summed E-state index contributed by atoms with van der Waals surface area (Å²) >= 11 is 4.06. The van der Waals surface area contributed by atoms with Crippen LogP contribution < -0.4 is 0 Å². The van der Waals surface area contributed by atoms with Crippen molar-refractivity contribution in [3.05, 3.63) is 12.7 Å². The van der Waals surface area contributed by atoms with Crippen LogP contribution in [0.1, 0.15) is 0 Å². The number of carbonyl (C=O) groups is 1. The zero-order valence-electron chi connectivity index (χ0n) is 5.47. The lowest BCUT2D eigenvalue weighted by Crippen LogP contribution is -2.03. The van der Waals surface area contributed by atoms with Gasteiger partial charge in [0.2, 0.25) is 6.79 Å². The molecule has 0 aromatic rings. The van der Waals surface area contributed by atoms with E-state index in [9.17, 15) is 4.79 Å². The quantitative estimate of drug-likeness (QED) is 0.284. The van der Waals surface area contributed by atoms with E-state index in [1.165, 1.54) is 0 Å². The highest BCUT2D eigenvalue weighted by Gasteiger charge is 2.07. The number of ether oxygens (including phenoxy) is 1. The first-order valence-corrected chi connectivity index (χ1v) is 5.07. The molecule has 5 nitrogen and oxygen atoms in total. The van der Waals surface area contributed by atoms with Gasteiger partial charge in [-0.05, 0) is 11.8 Å². The molecule has 0 spiro atoms. The van der Waals surface area contributed by atoms with E-state index in [-0.39, 0.29) is 0 Å². The van der Waals surface area contributed by atoms with E-state index in [1.54, 1.807) is 0 Å². The van der Waals surface area contributed by atoms with Crippen LogP contribution in [0.2, 0.25) is 0 Å². The van der Waals surface area contributed by atoms with Crippen molar-refractivity contribution >= 4 is 24.5 Å². The van der Waals surface area contributed by atoms with Crippen LogP contribution in [0.5, 0.6) is 0 Å². The van der Waals surface area contributed by atoms with Crippen molar-refractivity contribution < 1.29 is 23.8 Å². The zero-order chi connectivity index (χ0) is 8.91. The molecular formula is C4H7O5PS. The Balaban J connectivity index is 3.51. The monoisotopic (exact) mass is 198 g/mol. The first kappa shape index (κ1) is 10.7. The SMILES string of the molecule is C=CC(=O)OCOP(O)(O)=S. The Kier molecular flexibility index (Phi) is 4.48. The largest absolute Gasteiger partial charge is 0.435 e. The Hall–Kier alpha value is -0.260. The molecule has 0 radical (unpaired) electrons. The standard InChI is InChI=1S/C4H7O5PS/c1-2-4(5)8-3-9-10(6,7)11/h2H,1,3H2,(H2,6,7,11). The van der Waals surface area contributed by atoms with Crippen LogP contribution in [0.4, 0.5) is 0 Å². The molecule has 0 aromatic heterocycles. The summed E-state index contributed by atoms with van der Waals surface area (Å²) < 4.78 is 8.38. The smallest absolute Gasteiger partial charge is 0.332 e. The summed E-state index contributed by atoms with van der Waals surface area (Å²) in [6, 6.07) is 0. The van der Waals surface area contributed by atoms with Gasteiger partial charge in [0, 0.05) is 6.08 Å². The van der Waals surface area contributed by atoms with E-state index in [0.29, 0.717) is 0 Å². The fourth-order valence-electron chi connectivity index (χ4n) is 0.212. The maximum absolute atomic E-state index is 10.3. The van der Waals surface area contributed by atoms with Crippen molar-refractivity contribution in [3.8, 4) is 0 Å². The van der Waals surface area contributed by atoms with Gasteiger partial charge in [-0.2, -0.15) is 0 Å². The van der Waals surface area contributed by atoms with Crippen molar-refractivity contribution in [2.24, 2.45) is 0 Å². The van der Waals surface area contributed by atoms with E-state index >= 15 is 0 Å². The third-order valence-electron chi connectivity index (χ3n) is 0.589. The van der Waals surface area contributed by atoms with Crippen LogP contribution >= 0.6 is 6.72 Å². The van der Waals surface area contributed by atoms with E-state index in [1.807, 2.05) is 0 Å².